The highest BCUT2D eigenvalue weighted by molar-refractivity contribution is 7.11. The standard InChI is InChI=1S/C13H17N3S/c1-8-4-5-11(6-12(8)14)16-10(3)13-15-7-9(2)17-13/h4-7,10,16H,14H2,1-3H3. The molecule has 2 aromatic rings. The van der Waals surface area contributed by atoms with Gasteiger partial charge in [-0.15, -0.1) is 11.3 Å². The van der Waals surface area contributed by atoms with Gasteiger partial charge < -0.3 is 11.1 Å². The summed E-state index contributed by atoms with van der Waals surface area (Å²) in [6.45, 7) is 6.18. The van der Waals surface area contributed by atoms with Crippen LogP contribution in [0.25, 0.3) is 0 Å². The highest BCUT2D eigenvalue weighted by atomic mass is 32.1. The zero-order valence-corrected chi connectivity index (χ0v) is 11.1. The third-order valence-corrected chi connectivity index (χ3v) is 3.77. The lowest BCUT2D eigenvalue weighted by atomic mass is 10.2. The molecule has 1 atom stereocenters. The molecule has 3 nitrogen and oxygen atoms in total. The normalized spacial score (nSPS) is 12.4. The van der Waals surface area contributed by atoms with E-state index >= 15 is 0 Å². The van der Waals surface area contributed by atoms with Crippen LogP contribution in [0, 0.1) is 13.8 Å². The molecule has 3 N–H and O–H groups in total. The second kappa shape index (κ2) is 4.75. The fourth-order valence-electron chi connectivity index (χ4n) is 1.61. The first-order valence-corrected chi connectivity index (χ1v) is 6.43. The molecule has 1 unspecified atom stereocenters. The number of aryl methyl sites for hydroxylation is 2. The molecule has 17 heavy (non-hydrogen) atoms. The minimum atomic E-state index is 0.204. The van der Waals surface area contributed by atoms with Crippen LogP contribution < -0.4 is 11.1 Å². The lowest BCUT2D eigenvalue weighted by molar-refractivity contribution is 0.870. The molecule has 90 valence electrons. The van der Waals surface area contributed by atoms with Crippen LogP contribution in [0.2, 0.25) is 0 Å². The van der Waals surface area contributed by atoms with Crippen LogP contribution in [-0.2, 0) is 0 Å². The van der Waals surface area contributed by atoms with Gasteiger partial charge in [0.15, 0.2) is 0 Å². The van der Waals surface area contributed by atoms with Crippen LogP contribution in [0.5, 0.6) is 0 Å². The molecule has 0 radical (unpaired) electrons. The number of nitrogen functional groups attached to an aromatic ring is 1. The maximum Gasteiger partial charge on any atom is 0.115 e. The molecule has 1 aromatic carbocycles. The average molecular weight is 247 g/mol. The summed E-state index contributed by atoms with van der Waals surface area (Å²) in [7, 11) is 0. The number of anilines is 2. The fourth-order valence-corrected chi connectivity index (χ4v) is 2.39. The van der Waals surface area contributed by atoms with Gasteiger partial charge in [-0.05, 0) is 38.5 Å². The van der Waals surface area contributed by atoms with Gasteiger partial charge in [0.1, 0.15) is 5.01 Å². The summed E-state index contributed by atoms with van der Waals surface area (Å²) < 4.78 is 0. The van der Waals surface area contributed by atoms with Crippen LogP contribution in [0.1, 0.15) is 28.4 Å². The van der Waals surface area contributed by atoms with Crippen molar-refractivity contribution in [2.24, 2.45) is 0 Å². The van der Waals surface area contributed by atoms with Crippen LogP contribution >= 0.6 is 11.3 Å². The van der Waals surface area contributed by atoms with E-state index in [2.05, 4.69) is 24.1 Å². The van der Waals surface area contributed by atoms with Gasteiger partial charge in [-0.3, -0.25) is 0 Å². The van der Waals surface area contributed by atoms with Gasteiger partial charge in [0, 0.05) is 22.4 Å². The summed E-state index contributed by atoms with van der Waals surface area (Å²) in [5.41, 5.74) is 8.84. The minimum absolute atomic E-state index is 0.204. The SMILES string of the molecule is Cc1cnc(C(C)Nc2ccc(C)c(N)c2)s1. The third-order valence-electron chi connectivity index (χ3n) is 2.67. The lowest BCUT2D eigenvalue weighted by Gasteiger charge is -2.13. The average Bonchev–Trinajstić information content (AvgIpc) is 2.70. The molecule has 2 rings (SSSR count). The molecular weight excluding hydrogens is 230 g/mol. The Morgan fingerprint density at radius 3 is 2.71 bits per heavy atom. The molecule has 0 amide bonds. The number of nitrogens with two attached hydrogens (primary N) is 1. The highest BCUT2D eigenvalue weighted by Gasteiger charge is 2.09. The fraction of sp³-hybridized carbons (Fsp3) is 0.308. The predicted molar refractivity (Wildman–Crippen MR) is 74.5 cm³/mol. The third kappa shape index (κ3) is 2.77. The highest BCUT2D eigenvalue weighted by Crippen LogP contribution is 2.25. The topological polar surface area (TPSA) is 50.9 Å². The van der Waals surface area contributed by atoms with Gasteiger partial charge in [-0.2, -0.15) is 0 Å². The number of hydrogen-bond donors (Lipinski definition) is 2. The maximum absolute atomic E-state index is 5.89. The smallest absolute Gasteiger partial charge is 0.115 e. The first kappa shape index (κ1) is 11.9. The van der Waals surface area contributed by atoms with Crippen LogP contribution in [0.15, 0.2) is 24.4 Å². The molecule has 0 saturated heterocycles. The van der Waals surface area contributed by atoms with E-state index in [0.717, 1.165) is 21.9 Å². The Morgan fingerprint density at radius 2 is 2.12 bits per heavy atom. The van der Waals surface area contributed by atoms with E-state index < -0.39 is 0 Å². The summed E-state index contributed by atoms with van der Waals surface area (Å²) in [6.07, 6.45) is 1.90. The molecule has 0 spiro atoms. The number of aromatic nitrogens is 1. The molecule has 0 bridgehead atoms. The van der Waals surface area contributed by atoms with Crippen LogP contribution in [0.3, 0.4) is 0 Å². The number of benzene rings is 1. The van der Waals surface area contributed by atoms with Gasteiger partial charge in [0.05, 0.1) is 6.04 Å². The van der Waals surface area contributed by atoms with E-state index in [4.69, 9.17) is 5.73 Å². The van der Waals surface area contributed by atoms with E-state index in [1.807, 2.05) is 31.3 Å². The molecule has 0 fully saturated rings. The van der Waals surface area contributed by atoms with Crippen molar-refractivity contribution in [1.82, 2.24) is 4.98 Å². The van der Waals surface area contributed by atoms with Crippen LogP contribution in [-0.4, -0.2) is 4.98 Å². The van der Waals surface area contributed by atoms with Gasteiger partial charge in [-0.25, -0.2) is 4.98 Å². The van der Waals surface area contributed by atoms with Gasteiger partial charge in [0.25, 0.3) is 0 Å². The summed E-state index contributed by atoms with van der Waals surface area (Å²) in [5, 5.41) is 4.51. The minimum Gasteiger partial charge on any atom is -0.398 e. The summed E-state index contributed by atoms with van der Waals surface area (Å²) in [6, 6.07) is 6.24. The maximum atomic E-state index is 5.89. The van der Waals surface area contributed by atoms with Crippen molar-refractivity contribution in [1.29, 1.82) is 0 Å². The second-order valence-corrected chi connectivity index (χ2v) is 5.51. The van der Waals surface area contributed by atoms with Crippen molar-refractivity contribution in [3.63, 3.8) is 0 Å². The van der Waals surface area contributed by atoms with Crippen molar-refractivity contribution in [3.05, 3.63) is 39.8 Å². The number of thiazole rings is 1. The Labute approximate surface area is 106 Å². The Bertz CT molecular complexity index is 519. The first-order valence-electron chi connectivity index (χ1n) is 5.61. The van der Waals surface area contributed by atoms with E-state index in [9.17, 15) is 0 Å². The van der Waals surface area contributed by atoms with E-state index in [-0.39, 0.29) is 6.04 Å². The number of rotatable bonds is 3. The monoisotopic (exact) mass is 247 g/mol. The van der Waals surface area contributed by atoms with Crippen LogP contribution in [0.4, 0.5) is 11.4 Å². The largest absolute Gasteiger partial charge is 0.398 e. The quantitative estimate of drug-likeness (QED) is 0.816. The van der Waals surface area contributed by atoms with Gasteiger partial charge >= 0.3 is 0 Å². The molecule has 4 heteroatoms. The van der Waals surface area contributed by atoms with Crippen molar-refractivity contribution in [2.45, 2.75) is 26.8 Å². The zero-order chi connectivity index (χ0) is 12.4. The molecule has 1 aromatic heterocycles. The van der Waals surface area contributed by atoms with Crippen molar-refractivity contribution in [2.75, 3.05) is 11.1 Å². The molecule has 0 aliphatic carbocycles. The lowest BCUT2D eigenvalue weighted by Crippen LogP contribution is -2.06. The number of nitrogens with one attached hydrogen (secondary N) is 1. The first-order chi connectivity index (χ1) is 8.06. The molecular formula is C13H17N3S. The summed E-state index contributed by atoms with van der Waals surface area (Å²) in [5.74, 6) is 0. The summed E-state index contributed by atoms with van der Waals surface area (Å²) >= 11 is 1.72. The predicted octanol–water partition coefficient (Wildman–Crippen LogP) is 3.52. The Kier molecular flexibility index (Phi) is 3.33. The second-order valence-electron chi connectivity index (χ2n) is 4.25. The van der Waals surface area contributed by atoms with Crippen molar-refractivity contribution < 1.29 is 0 Å². The molecule has 0 aliphatic rings. The van der Waals surface area contributed by atoms with E-state index in [1.54, 1.807) is 11.3 Å². The Balaban J connectivity index is 2.12. The number of hydrogen-bond acceptors (Lipinski definition) is 4. The Hall–Kier alpha value is -1.55. The molecule has 1 heterocycles. The van der Waals surface area contributed by atoms with Gasteiger partial charge in [-0.1, -0.05) is 6.07 Å². The molecule has 0 saturated carbocycles. The van der Waals surface area contributed by atoms with Crippen molar-refractivity contribution in [3.8, 4) is 0 Å². The zero-order valence-electron chi connectivity index (χ0n) is 10.3. The number of nitrogens with zero attached hydrogens (tertiary/aromatic N) is 1. The summed E-state index contributed by atoms with van der Waals surface area (Å²) in [4.78, 5) is 5.61. The van der Waals surface area contributed by atoms with E-state index in [0.29, 0.717) is 0 Å². The van der Waals surface area contributed by atoms with Crippen molar-refractivity contribution >= 4 is 22.7 Å². The van der Waals surface area contributed by atoms with Gasteiger partial charge in [0.2, 0.25) is 0 Å². The Morgan fingerprint density at radius 1 is 1.35 bits per heavy atom. The van der Waals surface area contributed by atoms with E-state index in [1.165, 1.54) is 4.88 Å². The molecule has 0 aliphatic heterocycles.